The summed E-state index contributed by atoms with van der Waals surface area (Å²) in [6.07, 6.45) is 6.04. The average molecular weight is 271 g/mol. The molecule has 1 aliphatic heterocycles. The Bertz CT molecular complexity index is 579. The summed E-state index contributed by atoms with van der Waals surface area (Å²) < 4.78 is 7.89. The molecule has 3 rings (SSSR count). The first kappa shape index (κ1) is 13.3. The fraction of sp³-hybridized carbons (Fsp3) is 0.438. The lowest BCUT2D eigenvalue weighted by Gasteiger charge is -2.32. The second kappa shape index (κ2) is 5.77. The maximum atomic E-state index is 6.05. The summed E-state index contributed by atoms with van der Waals surface area (Å²) in [6, 6.07) is 8.86. The van der Waals surface area contributed by atoms with Gasteiger partial charge in [-0.05, 0) is 36.6 Å². The minimum atomic E-state index is 0.116. The lowest BCUT2D eigenvalue weighted by molar-refractivity contribution is 0.0172. The first-order valence-electron chi connectivity index (χ1n) is 7.12. The van der Waals surface area contributed by atoms with Crippen molar-refractivity contribution in [2.45, 2.75) is 25.0 Å². The van der Waals surface area contributed by atoms with Crippen LogP contribution in [0.1, 0.15) is 22.8 Å². The second-order valence-electron chi connectivity index (χ2n) is 5.36. The van der Waals surface area contributed by atoms with E-state index in [-0.39, 0.29) is 12.1 Å². The van der Waals surface area contributed by atoms with Gasteiger partial charge in [0, 0.05) is 19.3 Å². The zero-order chi connectivity index (χ0) is 13.9. The Morgan fingerprint density at radius 1 is 1.45 bits per heavy atom. The van der Waals surface area contributed by atoms with Crippen LogP contribution in [-0.2, 0) is 24.6 Å². The van der Waals surface area contributed by atoms with Crippen molar-refractivity contribution < 1.29 is 4.74 Å². The highest BCUT2D eigenvalue weighted by Crippen LogP contribution is 2.30. The average Bonchev–Trinajstić information content (AvgIpc) is 2.89. The Hall–Kier alpha value is -1.65. The van der Waals surface area contributed by atoms with Gasteiger partial charge in [0.2, 0.25) is 0 Å². The largest absolute Gasteiger partial charge is 0.372 e. The SMILES string of the molecule is CNC(Cc1cnn(C)c1)C1OCCc2ccccc21. The summed E-state index contributed by atoms with van der Waals surface area (Å²) in [5.74, 6) is 0. The van der Waals surface area contributed by atoms with Gasteiger partial charge >= 0.3 is 0 Å². The van der Waals surface area contributed by atoms with Gasteiger partial charge in [-0.15, -0.1) is 0 Å². The van der Waals surface area contributed by atoms with Gasteiger partial charge in [-0.3, -0.25) is 4.68 Å². The smallest absolute Gasteiger partial charge is 0.0983 e. The van der Waals surface area contributed by atoms with E-state index < -0.39 is 0 Å². The minimum Gasteiger partial charge on any atom is -0.372 e. The van der Waals surface area contributed by atoms with Crippen LogP contribution in [0.3, 0.4) is 0 Å². The van der Waals surface area contributed by atoms with Crippen molar-refractivity contribution in [2.24, 2.45) is 7.05 Å². The van der Waals surface area contributed by atoms with E-state index in [4.69, 9.17) is 4.74 Å². The molecule has 2 unspecified atom stereocenters. The zero-order valence-electron chi connectivity index (χ0n) is 12.0. The molecule has 1 aromatic heterocycles. The molecule has 0 spiro atoms. The van der Waals surface area contributed by atoms with Crippen molar-refractivity contribution in [1.29, 1.82) is 0 Å². The highest BCUT2D eigenvalue weighted by Gasteiger charge is 2.28. The molecule has 4 heteroatoms. The van der Waals surface area contributed by atoms with E-state index in [1.807, 2.05) is 25.0 Å². The first-order chi connectivity index (χ1) is 9.78. The molecule has 1 N–H and O–H groups in total. The molecular weight excluding hydrogens is 250 g/mol. The second-order valence-corrected chi connectivity index (χ2v) is 5.36. The third-order valence-electron chi connectivity index (χ3n) is 3.98. The normalized spacial score (nSPS) is 19.6. The summed E-state index contributed by atoms with van der Waals surface area (Å²) in [6.45, 7) is 0.799. The fourth-order valence-corrected chi connectivity index (χ4v) is 2.95. The van der Waals surface area contributed by atoms with E-state index >= 15 is 0 Å². The molecule has 1 aliphatic rings. The topological polar surface area (TPSA) is 39.1 Å². The Kier molecular flexibility index (Phi) is 3.85. The number of hydrogen-bond acceptors (Lipinski definition) is 3. The minimum absolute atomic E-state index is 0.116. The number of hydrogen-bond donors (Lipinski definition) is 1. The number of fused-ring (bicyclic) bond motifs is 1. The Labute approximate surface area is 119 Å². The van der Waals surface area contributed by atoms with Crippen LogP contribution in [0.25, 0.3) is 0 Å². The van der Waals surface area contributed by atoms with Crippen LogP contribution >= 0.6 is 0 Å². The monoisotopic (exact) mass is 271 g/mol. The Morgan fingerprint density at radius 3 is 3.05 bits per heavy atom. The molecule has 106 valence electrons. The number of aryl methyl sites for hydroxylation is 1. The summed E-state index contributed by atoms with van der Waals surface area (Å²) in [7, 11) is 3.95. The standard InChI is InChI=1S/C16H21N3O/c1-17-15(9-12-10-18-19(2)11-12)16-14-6-4-3-5-13(14)7-8-20-16/h3-6,10-11,15-17H,7-9H2,1-2H3. The van der Waals surface area contributed by atoms with Crippen LogP contribution in [0, 0.1) is 0 Å². The predicted molar refractivity (Wildman–Crippen MR) is 78.6 cm³/mol. The molecule has 2 heterocycles. The molecule has 0 aliphatic carbocycles. The van der Waals surface area contributed by atoms with E-state index in [2.05, 4.69) is 40.9 Å². The number of likely N-dealkylation sites (N-methyl/N-ethyl adjacent to an activating group) is 1. The van der Waals surface area contributed by atoms with Gasteiger partial charge in [0.05, 0.1) is 18.9 Å². The molecule has 0 amide bonds. The first-order valence-corrected chi connectivity index (χ1v) is 7.12. The quantitative estimate of drug-likeness (QED) is 0.922. The van der Waals surface area contributed by atoms with Crippen LogP contribution in [0.5, 0.6) is 0 Å². The summed E-state index contributed by atoms with van der Waals surface area (Å²) in [4.78, 5) is 0. The van der Waals surface area contributed by atoms with Crippen molar-refractivity contribution in [3.8, 4) is 0 Å². The molecule has 0 fully saturated rings. The molecule has 4 nitrogen and oxygen atoms in total. The molecule has 0 saturated carbocycles. The molecule has 0 bridgehead atoms. The molecule has 20 heavy (non-hydrogen) atoms. The number of ether oxygens (including phenoxy) is 1. The van der Waals surface area contributed by atoms with Crippen LogP contribution in [0.15, 0.2) is 36.7 Å². The van der Waals surface area contributed by atoms with Crippen LogP contribution in [-0.4, -0.2) is 29.5 Å². The summed E-state index contributed by atoms with van der Waals surface area (Å²) in [5, 5.41) is 7.65. The van der Waals surface area contributed by atoms with E-state index in [1.165, 1.54) is 16.7 Å². The van der Waals surface area contributed by atoms with E-state index in [1.54, 1.807) is 0 Å². The van der Waals surface area contributed by atoms with Crippen molar-refractivity contribution in [1.82, 2.24) is 15.1 Å². The van der Waals surface area contributed by atoms with Gasteiger partial charge in [0.1, 0.15) is 0 Å². The lowest BCUT2D eigenvalue weighted by Crippen LogP contribution is -2.38. The van der Waals surface area contributed by atoms with Gasteiger partial charge in [-0.1, -0.05) is 24.3 Å². The Balaban J connectivity index is 1.83. The van der Waals surface area contributed by atoms with Gasteiger partial charge in [0.15, 0.2) is 0 Å². The zero-order valence-corrected chi connectivity index (χ0v) is 12.0. The molecular formula is C16H21N3O. The van der Waals surface area contributed by atoms with Gasteiger partial charge < -0.3 is 10.1 Å². The maximum absolute atomic E-state index is 6.05. The number of aromatic nitrogens is 2. The molecule has 0 saturated heterocycles. The molecule has 2 atom stereocenters. The number of benzene rings is 1. The lowest BCUT2D eigenvalue weighted by atomic mass is 9.91. The van der Waals surface area contributed by atoms with Crippen molar-refractivity contribution in [2.75, 3.05) is 13.7 Å². The Morgan fingerprint density at radius 2 is 2.30 bits per heavy atom. The van der Waals surface area contributed by atoms with Gasteiger partial charge in [0.25, 0.3) is 0 Å². The fourth-order valence-electron chi connectivity index (χ4n) is 2.95. The summed E-state index contributed by atoms with van der Waals surface area (Å²) in [5.41, 5.74) is 3.97. The van der Waals surface area contributed by atoms with E-state index in [9.17, 15) is 0 Å². The van der Waals surface area contributed by atoms with Crippen LogP contribution in [0.4, 0.5) is 0 Å². The number of rotatable bonds is 4. The van der Waals surface area contributed by atoms with Crippen molar-refractivity contribution in [3.63, 3.8) is 0 Å². The molecule has 2 aromatic rings. The molecule has 0 radical (unpaired) electrons. The van der Waals surface area contributed by atoms with E-state index in [0.717, 1.165) is 19.4 Å². The number of nitrogens with zero attached hydrogens (tertiary/aromatic N) is 2. The highest BCUT2D eigenvalue weighted by atomic mass is 16.5. The number of nitrogens with one attached hydrogen (secondary N) is 1. The van der Waals surface area contributed by atoms with Gasteiger partial charge in [-0.2, -0.15) is 5.10 Å². The van der Waals surface area contributed by atoms with E-state index in [0.29, 0.717) is 0 Å². The highest BCUT2D eigenvalue weighted by molar-refractivity contribution is 5.32. The van der Waals surface area contributed by atoms with Crippen LogP contribution < -0.4 is 5.32 Å². The summed E-state index contributed by atoms with van der Waals surface area (Å²) >= 11 is 0. The van der Waals surface area contributed by atoms with Crippen molar-refractivity contribution >= 4 is 0 Å². The molecule has 1 aromatic carbocycles. The predicted octanol–water partition coefficient (Wildman–Crippen LogP) is 1.86. The third-order valence-corrected chi connectivity index (χ3v) is 3.98. The maximum Gasteiger partial charge on any atom is 0.0983 e. The third kappa shape index (κ3) is 2.62. The van der Waals surface area contributed by atoms with Gasteiger partial charge in [-0.25, -0.2) is 0 Å². The van der Waals surface area contributed by atoms with Crippen molar-refractivity contribution in [3.05, 3.63) is 53.3 Å². The van der Waals surface area contributed by atoms with Crippen LogP contribution in [0.2, 0.25) is 0 Å².